The fourth-order valence-corrected chi connectivity index (χ4v) is 2.30. The molecule has 0 saturated carbocycles. The number of rotatable bonds is 4. The molecule has 1 aromatic rings. The number of likely N-dealkylation sites (N-methyl/N-ethyl adjacent to an activating group) is 1. The summed E-state index contributed by atoms with van der Waals surface area (Å²) in [5.74, 6) is 0.0415. The van der Waals surface area contributed by atoms with E-state index in [1.54, 1.807) is 12.3 Å². The summed E-state index contributed by atoms with van der Waals surface area (Å²) >= 11 is 0. The smallest absolute Gasteiger partial charge is 0.255 e. The van der Waals surface area contributed by atoms with E-state index in [4.69, 9.17) is 0 Å². The van der Waals surface area contributed by atoms with Crippen LogP contribution in [0.15, 0.2) is 18.5 Å². The number of aromatic nitrogens is 2. The average Bonchev–Trinajstić information content (AvgIpc) is 2.46. The minimum atomic E-state index is 0.0415. The largest absolute Gasteiger partial charge is 0.337 e. The molecule has 0 radical (unpaired) electrons. The third kappa shape index (κ3) is 3.26. The number of nitrogens with zero attached hydrogens (tertiary/aromatic N) is 3. The molecule has 1 aliphatic heterocycles. The summed E-state index contributed by atoms with van der Waals surface area (Å²) in [6.45, 7) is 4.57. The molecule has 1 aromatic heterocycles. The first-order valence-corrected chi connectivity index (χ1v) is 6.60. The van der Waals surface area contributed by atoms with Crippen molar-refractivity contribution in [1.29, 1.82) is 0 Å². The van der Waals surface area contributed by atoms with Crippen molar-refractivity contribution in [3.05, 3.63) is 24.0 Å². The molecule has 1 atom stereocenters. The van der Waals surface area contributed by atoms with Crippen molar-refractivity contribution in [3.63, 3.8) is 0 Å². The molecule has 1 fully saturated rings. The van der Waals surface area contributed by atoms with Crippen LogP contribution >= 0.6 is 0 Å². The maximum Gasteiger partial charge on any atom is 0.255 e. The summed E-state index contributed by atoms with van der Waals surface area (Å²) in [5, 5.41) is 10.9. The molecule has 5 nitrogen and oxygen atoms in total. The Balaban J connectivity index is 1.97. The van der Waals surface area contributed by atoms with Gasteiger partial charge in [-0.1, -0.05) is 6.42 Å². The lowest BCUT2D eigenvalue weighted by atomic mass is 10.0. The Hall–Kier alpha value is -1.49. The minimum Gasteiger partial charge on any atom is -0.337 e. The van der Waals surface area contributed by atoms with Gasteiger partial charge in [-0.15, -0.1) is 0 Å². The lowest BCUT2D eigenvalue weighted by Crippen LogP contribution is -2.45. The van der Waals surface area contributed by atoms with Crippen LogP contribution < -0.4 is 5.32 Å². The van der Waals surface area contributed by atoms with Crippen molar-refractivity contribution in [2.24, 2.45) is 0 Å². The van der Waals surface area contributed by atoms with Gasteiger partial charge in [-0.25, -0.2) is 0 Å². The van der Waals surface area contributed by atoms with Crippen LogP contribution in [0.3, 0.4) is 0 Å². The fraction of sp³-hybridized carbons (Fsp3) is 0.615. The Bertz CT molecular complexity index is 376. The van der Waals surface area contributed by atoms with Gasteiger partial charge < -0.3 is 10.2 Å². The van der Waals surface area contributed by atoms with Crippen LogP contribution in [0.25, 0.3) is 0 Å². The first-order valence-electron chi connectivity index (χ1n) is 6.60. The summed E-state index contributed by atoms with van der Waals surface area (Å²) < 4.78 is 0. The van der Waals surface area contributed by atoms with E-state index < -0.39 is 0 Å². The number of carbonyl (C=O) groups is 1. The number of hydrogen-bond acceptors (Lipinski definition) is 4. The first-order chi connectivity index (χ1) is 8.81. The standard InChI is InChI=1S/C13H20N4O/c1-2-17(10-12-5-3-4-7-14-12)13(18)11-6-8-15-16-9-11/h6,8-9,12,14H,2-5,7,10H2,1H3. The second-order valence-electron chi connectivity index (χ2n) is 4.62. The van der Waals surface area contributed by atoms with E-state index in [0.29, 0.717) is 11.6 Å². The highest BCUT2D eigenvalue weighted by molar-refractivity contribution is 5.93. The van der Waals surface area contributed by atoms with Crippen LogP contribution in [0.5, 0.6) is 0 Å². The highest BCUT2D eigenvalue weighted by atomic mass is 16.2. The summed E-state index contributed by atoms with van der Waals surface area (Å²) in [4.78, 5) is 14.2. The fourth-order valence-electron chi connectivity index (χ4n) is 2.30. The highest BCUT2D eigenvalue weighted by Gasteiger charge is 2.20. The van der Waals surface area contributed by atoms with Crippen molar-refractivity contribution < 1.29 is 4.79 Å². The van der Waals surface area contributed by atoms with Crippen molar-refractivity contribution >= 4 is 5.91 Å². The first kappa shape index (κ1) is 13.0. The van der Waals surface area contributed by atoms with Crippen molar-refractivity contribution in [2.45, 2.75) is 32.2 Å². The highest BCUT2D eigenvalue weighted by Crippen LogP contribution is 2.10. The van der Waals surface area contributed by atoms with Crippen molar-refractivity contribution in [2.75, 3.05) is 19.6 Å². The molecule has 0 aromatic carbocycles. The molecule has 1 N–H and O–H groups in total. The van der Waals surface area contributed by atoms with Gasteiger partial charge in [0.1, 0.15) is 0 Å². The number of carbonyl (C=O) groups excluding carboxylic acids is 1. The molecule has 2 heterocycles. The van der Waals surface area contributed by atoms with Crippen LogP contribution in [0.4, 0.5) is 0 Å². The Labute approximate surface area is 108 Å². The normalized spacial score (nSPS) is 19.5. The zero-order valence-electron chi connectivity index (χ0n) is 10.8. The summed E-state index contributed by atoms with van der Waals surface area (Å²) in [6.07, 6.45) is 6.72. The number of nitrogens with one attached hydrogen (secondary N) is 1. The van der Waals surface area contributed by atoms with Gasteiger partial charge in [0, 0.05) is 19.1 Å². The van der Waals surface area contributed by atoms with Crippen LogP contribution in [0.1, 0.15) is 36.5 Å². The maximum absolute atomic E-state index is 12.3. The molecule has 1 aliphatic rings. The third-order valence-corrected chi connectivity index (χ3v) is 3.35. The van der Waals surface area contributed by atoms with Gasteiger partial charge >= 0.3 is 0 Å². The SMILES string of the molecule is CCN(CC1CCCCN1)C(=O)c1ccnnc1. The van der Waals surface area contributed by atoms with Crippen LogP contribution in [-0.4, -0.2) is 46.7 Å². The Morgan fingerprint density at radius 1 is 1.50 bits per heavy atom. The van der Waals surface area contributed by atoms with Gasteiger partial charge in [-0.3, -0.25) is 4.79 Å². The molecule has 1 amide bonds. The minimum absolute atomic E-state index is 0.0415. The second-order valence-corrected chi connectivity index (χ2v) is 4.62. The Kier molecular flexibility index (Phi) is 4.64. The van der Waals surface area contributed by atoms with Crippen molar-refractivity contribution in [3.8, 4) is 0 Å². The third-order valence-electron chi connectivity index (χ3n) is 3.35. The van der Waals surface area contributed by atoms with Crippen LogP contribution in [0, 0.1) is 0 Å². The summed E-state index contributed by atoms with van der Waals surface area (Å²) in [7, 11) is 0. The molecule has 0 spiro atoms. The zero-order chi connectivity index (χ0) is 12.8. The van der Waals surface area contributed by atoms with Crippen LogP contribution in [0.2, 0.25) is 0 Å². The van der Waals surface area contributed by atoms with E-state index in [-0.39, 0.29) is 5.91 Å². The molecule has 18 heavy (non-hydrogen) atoms. The second kappa shape index (κ2) is 6.44. The van der Waals surface area contributed by atoms with Gasteiger partial charge in [-0.2, -0.15) is 10.2 Å². The van der Waals surface area contributed by atoms with Gasteiger partial charge in [0.25, 0.3) is 5.91 Å². The van der Waals surface area contributed by atoms with E-state index in [1.807, 2.05) is 11.8 Å². The molecule has 1 unspecified atom stereocenters. The average molecular weight is 248 g/mol. The van der Waals surface area contributed by atoms with E-state index in [9.17, 15) is 4.79 Å². The lowest BCUT2D eigenvalue weighted by Gasteiger charge is -2.29. The topological polar surface area (TPSA) is 58.1 Å². The van der Waals surface area contributed by atoms with Gasteiger partial charge in [-0.05, 0) is 32.4 Å². The number of hydrogen-bond donors (Lipinski definition) is 1. The lowest BCUT2D eigenvalue weighted by molar-refractivity contribution is 0.0741. The van der Waals surface area contributed by atoms with Crippen LogP contribution in [-0.2, 0) is 0 Å². The Morgan fingerprint density at radius 3 is 3.00 bits per heavy atom. The zero-order valence-corrected chi connectivity index (χ0v) is 10.8. The molecule has 2 rings (SSSR count). The molecular formula is C13H20N4O. The predicted octanol–water partition coefficient (Wildman–Crippen LogP) is 1.08. The monoisotopic (exact) mass is 248 g/mol. The van der Waals surface area contributed by atoms with E-state index in [1.165, 1.54) is 19.0 Å². The molecule has 5 heteroatoms. The van der Waals surface area contributed by atoms with Gasteiger partial charge in [0.15, 0.2) is 0 Å². The Morgan fingerprint density at radius 2 is 2.39 bits per heavy atom. The molecule has 1 saturated heterocycles. The predicted molar refractivity (Wildman–Crippen MR) is 69.3 cm³/mol. The van der Waals surface area contributed by atoms with E-state index in [2.05, 4.69) is 15.5 Å². The summed E-state index contributed by atoms with van der Waals surface area (Å²) in [6, 6.07) is 2.14. The molecule has 0 bridgehead atoms. The molecular weight excluding hydrogens is 228 g/mol. The van der Waals surface area contributed by atoms with Gasteiger partial charge in [0.2, 0.25) is 0 Å². The van der Waals surface area contributed by atoms with Crippen molar-refractivity contribution in [1.82, 2.24) is 20.4 Å². The summed E-state index contributed by atoms with van der Waals surface area (Å²) in [5.41, 5.74) is 0.614. The van der Waals surface area contributed by atoms with E-state index >= 15 is 0 Å². The molecule has 98 valence electrons. The quantitative estimate of drug-likeness (QED) is 0.866. The molecule has 0 aliphatic carbocycles. The number of amides is 1. The maximum atomic E-state index is 12.3. The van der Waals surface area contributed by atoms with E-state index in [0.717, 1.165) is 26.1 Å². The van der Waals surface area contributed by atoms with Gasteiger partial charge in [0.05, 0.1) is 18.0 Å². The number of piperidine rings is 1.